The van der Waals surface area contributed by atoms with Gasteiger partial charge in [0.1, 0.15) is 6.04 Å². The van der Waals surface area contributed by atoms with Gasteiger partial charge in [0.2, 0.25) is 5.91 Å². The minimum atomic E-state index is -0.251. The number of nitrogens with two attached hydrogens (primary N) is 1. The van der Waals surface area contributed by atoms with Gasteiger partial charge in [-0.2, -0.15) is 0 Å². The lowest BCUT2D eigenvalue weighted by Crippen LogP contribution is -2.54. The number of amides is 1. The first kappa shape index (κ1) is 14.8. The Labute approximate surface area is 120 Å². The molecule has 5 nitrogen and oxygen atoms in total. The number of anilines is 1. The number of nitrogens with zero attached hydrogens (tertiary/aromatic N) is 1. The molecule has 110 valence electrons. The molecular weight excluding hydrogens is 254 g/mol. The molecule has 1 amide bonds. The summed E-state index contributed by atoms with van der Waals surface area (Å²) in [6, 6.07) is 7.80. The smallest absolute Gasteiger partial charge is 0.245 e. The molecule has 0 spiro atoms. The highest BCUT2D eigenvalue weighted by atomic mass is 16.5. The summed E-state index contributed by atoms with van der Waals surface area (Å²) in [5.41, 5.74) is 7.75. The quantitative estimate of drug-likeness (QED) is 0.838. The summed E-state index contributed by atoms with van der Waals surface area (Å²) in [5.74, 6) is 0.0365. The van der Waals surface area contributed by atoms with Crippen molar-refractivity contribution in [1.29, 1.82) is 0 Å². The second kappa shape index (κ2) is 7.26. The van der Waals surface area contributed by atoms with E-state index in [2.05, 4.69) is 10.2 Å². The molecule has 1 saturated heterocycles. The second-order valence-corrected chi connectivity index (χ2v) is 4.95. The molecule has 1 aliphatic rings. The third-order valence-corrected chi connectivity index (χ3v) is 3.48. The number of hydrogen-bond acceptors (Lipinski definition) is 4. The van der Waals surface area contributed by atoms with Crippen LogP contribution in [-0.4, -0.2) is 38.3 Å². The zero-order valence-electron chi connectivity index (χ0n) is 12.0. The molecule has 1 unspecified atom stereocenters. The Morgan fingerprint density at radius 1 is 1.45 bits per heavy atom. The van der Waals surface area contributed by atoms with E-state index < -0.39 is 0 Å². The highest BCUT2D eigenvalue weighted by Gasteiger charge is 2.29. The average Bonchev–Trinajstić information content (AvgIpc) is 2.52. The Balaban J connectivity index is 2.10. The van der Waals surface area contributed by atoms with Crippen LogP contribution in [0.1, 0.15) is 18.9 Å². The van der Waals surface area contributed by atoms with Gasteiger partial charge in [0.25, 0.3) is 0 Å². The molecule has 20 heavy (non-hydrogen) atoms. The molecule has 5 heteroatoms. The van der Waals surface area contributed by atoms with Crippen molar-refractivity contribution in [3.63, 3.8) is 0 Å². The van der Waals surface area contributed by atoms with Crippen molar-refractivity contribution in [2.45, 2.75) is 25.9 Å². The van der Waals surface area contributed by atoms with Gasteiger partial charge in [-0.05, 0) is 24.1 Å². The number of morpholine rings is 1. The predicted molar refractivity (Wildman–Crippen MR) is 79.6 cm³/mol. The van der Waals surface area contributed by atoms with Crippen LogP contribution >= 0.6 is 0 Å². The van der Waals surface area contributed by atoms with Crippen molar-refractivity contribution in [3.8, 4) is 0 Å². The van der Waals surface area contributed by atoms with Crippen molar-refractivity contribution < 1.29 is 9.53 Å². The van der Waals surface area contributed by atoms with Crippen LogP contribution in [0, 0.1) is 0 Å². The third-order valence-electron chi connectivity index (χ3n) is 3.48. The van der Waals surface area contributed by atoms with Gasteiger partial charge in [0.15, 0.2) is 0 Å². The Morgan fingerprint density at radius 3 is 2.85 bits per heavy atom. The van der Waals surface area contributed by atoms with E-state index in [0.717, 1.165) is 24.2 Å². The van der Waals surface area contributed by atoms with Crippen LogP contribution in [0.3, 0.4) is 0 Å². The first-order valence-corrected chi connectivity index (χ1v) is 7.17. The number of hydrogen-bond donors (Lipinski definition) is 2. The summed E-state index contributed by atoms with van der Waals surface area (Å²) in [7, 11) is 0. The van der Waals surface area contributed by atoms with Gasteiger partial charge in [0, 0.05) is 25.3 Å². The van der Waals surface area contributed by atoms with E-state index in [9.17, 15) is 4.79 Å². The summed E-state index contributed by atoms with van der Waals surface area (Å²) >= 11 is 0. The molecule has 0 radical (unpaired) electrons. The van der Waals surface area contributed by atoms with E-state index in [1.54, 1.807) is 0 Å². The molecule has 1 fully saturated rings. The standard InChI is InChI=1S/C15H23N3O2/c1-2-7-17-15(19)14-11-20-9-8-18(14)13-5-3-12(10-16)4-6-13/h3-6,14H,2,7-11,16H2,1H3,(H,17,19). The number of carbonyl (C=O) groups excluding carboxylic acids is 1. The lowest BCUT2D eigenvalue weighted by Gasteiger charge is -2.36. The van der Waals surface area contributed by atoms with Gasteiger partial charge in [-0.3, -0.25) is 4.79 Å². The lowest BCUT2D eigenvalue weighted by molar-refractivity contribution is -0.124. The van der Waals surface area contributed by atoms with E-state index in [0.29, 0.717) is 26.3 Å². The summed E-state index contributed by atoms with van der Waals surface area (Å²) in [6.45, 7) is 5.09. The van der Waals surface area contributed by atoms with Gasteiger partial charge in [-0.1, -0.05) is 19.1 Å². The largest absolute Gasteiger partial charge is 0.377 e. The molecule has 2 rings (SSSR count). The number of benzene rings is 1. The fourth-order valence-electron chi connectivity index (χ4n) is 2.32. The second-order valence-electron chi connectivity index (χ2n) is 4.95. The molecule has 1 aliphatic heterocycles. The van der Waals surface area contributed by atoms with E-state index in [-0.39, 0.29) is 11.9 Å². The first-order chi connectivity index (χ1) is 9.76. The number of nitrogens with one attached hydrogen (secondary N) is 1. The van der Waals surface area contributed by atoms with Crippen molar-refractivity contribution >= 4 is 11.6 Å². The molecular formula is C15H23N3O2. The van der Waals surface area contributed by atoms with Crippen LogP contribution < -0.4 is 16.0 Å². The fourth-order valence-corrected chi connectivity index (χ4v) is 2.32. The van der Waals surface area contributed by atoms with Gasteiger partial charge in [-0.15, -0.1) is 0 Å². The Hall–Kier alpha value is -1.59. The highest BCUT2D eigenvalue weighted by Crippen LogP contribution is 2.20. The third kappa shape index (κ3) is 3.49. The zero-order chi connectivity index (χ0) is 14.4. The molecule has 1 heterocycles. The normalized spacial score (nSPS) is 18.9. The number of carbonyl (C=O) groups is 1. The number of rotatable bonds is 5. The molecule has 3 N–H and O–H groups in total. The van der Waals surface area contributed by atoms with Gasteiger partial charge in [0.05, 0.1) is 13.2 Å². The summed E-state index contributed by atoms with van der Waals surface area (Å²) in [5, 5.41) is 2.94. The van der Waals surface area contributed by atoms with Crippen LogP contribution in [0.4, 0.5) is 5.69 Å². The summed E-state index contributed by atoms with van der Waals surface area (Å²) < 4.78 is 5.46. The molecule has 0 bridgehead atoms. The molecule has 1 atom stereocenters. The number of ether oxygens (including phenoxy) is 1. The van der Waals surface area contributed by atoms with E-state index in [1.807, 2.05) is 31.2 Å². The minimum Gasteiger partial charge on any atom is -0.377 e. The molecule has 0 aliphatic carbocycles. The maximum Gasteiger partial charge on any atom is 0.245 e. The van der Waals surface area contributed by atoms with Gasteiger partial charge < -0.3 is 20.7 Å². The molecule has 1 aromatic rings. The Morgan fingerprint density at radius 2 is 2.20 bits per heavy atom. The average molecular weight is 277 g/mol. The predicted octanol–water partition coefficient (Wildman–Crippen LogP) is 0.877. The molecule has 0 saturated carbocycles. The van der Waals surface area contributed by atoms with E-state index in [4.69, 9.17) is 10.5 Å². The lowest BCUT2D eigenvalue weighted by atomic mass is 10.1. The van der Waals surface area contributed by atoms with Crippen LogP contribution in [-0.2, 0) is 16.1 Å². The van der Waals surface area contributed by atoms with Gasteiger partial charge >= 0.3 is 0 Å². The van der Waals surface area contributed by atoms with Crippen molar-refractivity contribution in [3.05, 3.63) is 29.8 Å². The van der Waals surface area contributed by atoms with Crippen molar-refractivity contribution in [1.82, 2.24) is 5.32 Å². The van der Waals surface area contributed by atoms with E-state index >= 15 is 0 Å². The minimum absolute atomic E-state index is 0.0365. The van der Waals surface area contributed by atoms with Crippen LogP contribution in [0.5, 0.6) is 0 Å². The maximum atomic E-state index is 12.2. The zero-order valence-corrected chi connectivity index (χ0v) is 12.0. The first-order valence-electron chi connectivity index (χ1n) is 7.17. The maximum absolute atomic E-state index is 12.2. The summed E-state index contributed by atoms with van der Waals surface area (Å²) in [4.78, 5) is 14.3. The van der Waals surface area contributed by atoms with Crippen molar-refractivity contribution in [2.24, 2.45) is 5.73 Å². The van der Waals surface area contributed by atoms with Crippen LogP contribution in [0.25, 0.3) is 0 Å². The monoisotopic (exact) mass is 277 g/mol. The van der Waals surface area contributed by atoms with Crippen LogP contribution in [0.2, 0.25) is 0 Å². The van der Waals surface area contributed by atoms with Crippen molar-refractivity contribution in [2.75, 3.05) is 31.2 Å². The van der Waals surface area contributed by atoms with E-state index in [1.165, 1.54) is 0 Å². The summed E-state index contributed by atoms with van der Waals surface area (Å²) in [6.07, 6.45) is 0.935. The topological polar surface area (TPSA) is 67.6 Å². The molecule has 0 aromatic heterocycles. The highest BCUT2D eigenvalue weighted by molar-refractivity contribution is 5.85. The van der Waals surface area contributed by atoms with Crippen LogP contribution in [0.15, 0.2) is 24.3 Å². The SMILES string of the molecule is CCCNC(=O)C1COCCN1c1ccc(CN)cc1. The fraction of sp³-hybridized carbons (Fsp3) is 0.533. The van der Waals surface area contributed by atoms with Gasteiger partial charge in [-0.25, -0.2) is 0 Å². The molecule has 1 aromatic carbocycles. The Kier molecular flexibility index (Phi) is 5.38. The Bertz CT molecular complexity index is 433.